The molecule has 0 saturated heterocycles. The smallest absolute Gasteiger partial charge is 0.212 e. The third-order valence-corrected chi connectivity index (χ3v) is 4.53. The first-order valence-electron chi connectivity index (χ1n) is 8.82. The summed E-state index contributed by atoms with van der Waals surface area (Å²) in [4.78, 5) is 29.1. The highest BCUT2D eigenvalue weighted by atomic mass is 16.5. The summed E-state index contributed by atoms with van der Waals surface area (Å²) < 4.78 is 6.23. The molecule has 0 fully saturated rings. The van der Waals surface area contributed by atoms with Gasteiger partial charge in [0.05, 0.1) is 11.3 Å². The molecule has 3 rings (SSSR count). The van der Waals surface area contributed by atoms with E-state index < -0.39 is 5.60 Å². The van der Waals surface area contributed by atoms with Gasteiger partial charge in [0, 0.05) is 17.3 Å². The van der Waals surface area contributed by atoms with Crippen molar-refractivity contribution in [2.24, 2.45) is 5.92 Å². The number of pyridine rings is 1. The summed E-state index contributed by atoms with van der Waals surface area (Å²) in [5, 5.41) is 0. The molecule has 4 heteroatoms. The number of ketones is 2. The highest BCUT2D eigenvalue weighted by molar-refractivity contribution is 6.32. The monoisotopic (exact) mass is 349 g/mol. The van der Waals surface area contributed by atoms with E-state index in [-0.39, 0.29) is 11.6 Å². The van der Waals surface area contributed by atoms with Gasteiger partial charge in [0.25, 0.3) is 0 Å². The van der Waals surface area contributed by atoms with E-state index in [1.165, 1.54) is 6.92 Å². The second-order valence-corrected chi connectivity index (χ2v) is 7.31. The van der Waals surface area contributed by atoms with Crippen molar-refractivity contribution in [3.05, 3.63) is 65.5 Å². The molecular formula is C22H23NO3. The van der Waals surface area contributed by atoms with E-state index >= 15 is 0 Å². The Kier molecular flexibility index (Phi) is 4.77. The van der Waals surface area contributed by atoms with Crippen LogP contribution in [-0.2, 0) is 9.53 Å². The van der Waals surface area contributed by atoms with Gasteiger partial charge in [0.15, 0.2) is 11.4 Å². The standard InChI is InChI=1S/C22H23NO3/c1-14(2)13-22(4)21(25)19(18-7-5-6-12-23-18)20(26-22)17-10-8-16(9-11-17)15(3)24/h5-12,14H,13H2,1-4H3. The van der Waals surface area contributed by atoms with Crippen molar-refractivity contribution in [3.63, 3.8) is 0 Å². The molecule has 1 aliphatic rings. The Balaban J connectivity index is 2.11. The van der Waals surface area contributed by atoms with Gasteiger partial charge in [0.2, 0.25) is 5.78 Å². The number of hydrogen-bond donors (Lipinski definition) is 0. The number of Topliss-reactive ketones (excluding diaryl/α,β-unsaturated/α-hetero) is 2. The minimum absolute atomic E-state index is 0.00328. The number of hydrogen-bond acceptors (Lipinski definition) is 4. The lowest BCUT2D eigenvalue weighted by atomic mass is 9.87. The molecule has 1 atom stereocenters. The maximum absolute atomic E-state index is 13.2. The highest BCUT2D eigenvalue weighted by Crippen LogP contribution is 2.43. The van der Waals surface area contributed by atoms with Gasteiger partial charge in [-0.2, -0.15) is 0 Å². The van der Waals surface area contributed by atoms with Gasteiger partial charge in [-0.15, -0.1) is 0 Å². The molecule has 0 amide bonds. The SMILES string of the molecule is CC(=O)c1ccc(C2=C(c3ccccn3)C(=O)C(C)(CC(C)C)O2)cc1. The summed E-state index contributed by atoms with van der Waals surface area (Å²) in [7, 11) is 0. The Bertz CT molecular complexity index is 866. The molecule has 0 bridgehead atoms. The van der Waals surface area contributed by atoms with Crippen LogP contribution in [0.1, 0.15) is 55.7 Å². The predicted molar refractivity (Wildman–Crippen MR) is 101 cm³/mol. The zero-order valence-corrected chi connectivity index (χ0v) is 15.6. The van der Waals surface area contributed by atoms with Crippen molar-refractivity contribution in [1.82, 2.24) is 4.98 Å². The van der Waals surface area contributed by atoms with Gasteiger partial charge in [-0.25, -0.2) is 0 Å². The molecule has 1 unspecified atom stereocenters. The zero-order valence-electron chi connectivity index (χ0n) is 15.6. The Morgan fingerprint density at radius 2 is 1.85 bits per heavy atom. The van der Waals surface area contributed by atoms with Crippen LogP contribution in [0.3, 0.4) is 0 Å². The Morgan fingerprint density at radius 3 is 2.38 bits per heavy atom. The molecule has 0 N–H and O–H groups in total. The van der Waals surface area contributed by atoms with Crippen LogP contribution >= 0.6 is 0 Å². The van der Waals surface area contributed by atoms with Crippen LogP contribution in [0, 0.1) is 5.92 Å². The van der Waals surface area contributed by atoms with Gasteiger partial charge in [-0.05, 0) is 38.3 Å². The van der Waals surface area contributed by atoms with E-state index in [0.717, 1.165) is 5.56 Å². The second kappa shape index (κ2) is 6.87. The molecule has 26 heavy (non-hydrogen) atoms. The van der Waals surface area contributed by atoms with Crippen LogP contribution in [0.25, 0.3) is 11.3 Å². The first kappa shape index (κ1) is 18.1. The Hall–Kier alpha value is -2.75. The van der Waals surface area contributed by atoms with Crippen molar-refractivity contribution in [2.45, 2.75) is 39.7 Å². The van der Waals surface area contributed by atoms with Crippen molar-refractivity contribution in [1.29, 1.82) is 0 Å². The summed E-state index contributed by atoms with van der Waals surface area (Å²) in [5.41, 5.74) is 1.61. The minimum atomic E-state index is -0.907. The summed E-state index contributed by atoms with van der Waals surface area (Å²) in [6, 6.07) is 12.7. The molecule has 0 radical (unpaired) electrons. The fraction of sp³-hybridized carbons (Fsp3) is 0.318. The fourth-order valence-corrected chi connectivity index (χ4v) is 3.41. The van der Waals surface area contributed by atoms with Gasteiger partial charge in [-0.1, -0.05) is 44.2 Å². The van der Waals surface area contributed by atoms with Crippen LogP contribution in [-0.4, -0.2) is 22.2 Å². The molecule has 0 spiro atoms. The van der Waals surface area contributed by atoms with Crippen LogP contribution in [0.5, 0.6) is 0 Å². The molecule has 0 aliphatic carbocycles. The van der Waals surface area contributed by atoms with E-state index in [1.54, 1.807) is 18.3 Å². The lowest BCUT2D eigenvalue weighted by Gasteiger charge is -2.25. The number of rotatable bonds is 5. The Morgan fingerprint density at radius 1 is 1.15 bits per heavy atom. The number of aromatic nitrogens is 1. The number of nitrogens with zero attached hydrogens (tertiary/aromatic N) is 1. The molecule has 0 saturated carbocycles. The molecule has 2 aromatic rings. The maximum atomic E-state index is 13.2. The summed E-state index contributed by atoms with van der Waals surface area (Å²) in [6.45, 7) is 7.52. The highest BCUT2D eigenvalue weighted by Gasteiger charge is 2.47. The number of carbonyl (C=O) groups is 2. The number of carbonyl (C=O) groups excluding carboxylic acids is 2. The molecular weight excluding hydrogens is 326 g/mol. The van der Waals surface area contributed by atoms with E-state index in [4.69, 9.17) is 4.74 Å². The molecule has 1 aliphatic heterocycles. The average molecular weight is 349 g/mol. The van der Waals surface area contributed by atoms with Crippen LogP contribution in [0.4, 0.5) is 0 Å². The second-order valence-electron chi connectivity index (χ2n) is 7.31. The Labute approximate surface area is 153 Å². The third kappa shape index (κ3) is 3.32. The maximum Gasteiger partial charge on any atom is 0.212 e. The topological polar surface area (TPSA) is 56.3 Å². The summed E-state index contributed by atoms with van der Waals surface area (Å²) in [5.74, 6) is 0.805. The largest absolute Gasteiger partial charge is 0.478 e. The van der Waals surface area contributed by atoms with E-state index in [9.17, 15) is 9.59 Å². The normalized spacial score (nSPS) is 19.8. The fourth-order valence-electron chi connectivity index (χ4n) is 3.41. The number of benzene rings is 1. The van der Waals surface area contributed by atoms with Crippen LogP contribution in [0.15, 0.2) is 48.7 Å². The van der Waals surface area contributed by atoms with Gasteiger partial charge in [0.1, 0.15) is 5.76 Å². The van der Waals surface area contributed by atoms with Crippen LogP contribution < -0.4 is 0 Å². The summed E-state index contributed by atoms with van der Waals surface area (Å²) >= 11 is 0. The van der Waals surface area contributed by atoms with E-state index in [1.807, 2.05) is 37.3 Å². The zero-order chi connectivity index (χ0) is 18.9. The quantitative estimate of drug-likeness (QED) is 0.743. The molecule has 134 valence electrons. The molecule has 1 aromatic heterocycles. The first-order chi connectivity index (χ1) is 12.3. The van der Waals surface area contributed by atoms with Crippen molar-refractivity contribution in [2.75, 3.05) is 0 Å². The molecule has 2 heterocycles. The lowest BCUT2D eigenvalue weighted by molar-refractivity contribution is -0.127. The van der Waals surface area contributed by atoms with Gasteiger partial charge >= 0.3 is 0 Å². The average Bonchev–Trinajstić information content (AvgIpc) is 2.86. The van der Waals surface area contributed by atoms with Gasteiger partial charge < -0.3 is 4.74 Å². The summed E-state index contributed by atoms with van der Waals surface area (Å²) in [6.07, 6.45) is 2.29. The number of ether oxygens (including phenoxy) is 1. The predicted octanol–water partition coefficient (Wildman–Crippen LogP) is 4.56. The van der Waals surface area contributed by atoms with Crippen molar-refractivity contribution < 1.29 is 14.3 Å². The van der Waals surface area contributed by atoms with Crippen LogP contribution in [0.2, 0.25) is 0 Å². The lowest BCUT2D eigenvalue weighted by Crippen LogP contribution is -2.35. The van der Waals surface area contributed by atoms with Crippen molar-refractivity contribution in [3.8, 4) is 0 Å². The van der Waals surface area contributed by atoms with Gasteiger partial charge in [-0.3, -0.25) is 14.6 Å². The molecule has 4 nitrogen and oxygen atoms in total. The third-order valence-electron chi connectivity index (χ3n) is 4.53. The van der Waals surface area contributed by atoms with E-state index in [0.29, 0.717) is 34.9 Å². The minimum Gasteiger partial charge on any atom is -0.478 e. The van der Waals surface area contributed by atoms with Crippen molar-refractivity contribution >= 4 is 22.9 Å². The first-order valence-corrected chi connectivity index (χ1v) is 8.82. The molecule has 1 aromatic carbocycles. The van der Waals surface area contributed by atoms with E-state index in [2.05, 4.69) is 18.8 Å².